The molecule has 2 rings (SSSR count). The van der Waals surface area contributed by atoms with Crippen LogP contribution in [0.2, 0.25) is 0 Å². The number of fused-ring (bicyclic) bond motifs is 1. The van der Waals surface area contributed by atoms with Gasteiger partial charge in [0.2, 0.25) is 0 Å². The lowest BCUT2D eigenvalue weighted by molar-refractivity contribution is 0.288. The van der Waals surface area contributed by atoms with Crippen LogP contribution in [-0.4, -0.2) is 40.7 Å². The Hall–Kier alpha value is -0.580. The summed E-state index contributed by atoms with van der Waals surface area (Å²) in [5.74, 6) is 1.64. The van der Waals surface area contributed by atoms with Crippen molar-refractivity contribution in [2.24, 2.45) is 21.1 Å². The van der Waals surface area contributed by atoms with Crippen molar-refractivity contribution < 1.29 is 0 Å². The van der Waals surface area contributed by atoms with Crippen LogP contribution in [0.5, 0.6) is 0 Å². The molecule has 0 amide bonds. The fourth-order valence-corrected chi connectivity index (χ4v) is 2.44. The quantitative estimate of drug-likeness (QED) is 0.674. The molecule has 0 bridgehead atoms. The second kappa shape index (κ2) is 3.47. The molecular formula is C10H17BrN4. The fourth-order valence-electron chi connectivity index (χ4n) is 1.93. The number of nitrogens with two attached hydrogens (primary N) is 1. The van der Waals surface area contributed by atoms with Gasteiger partial charge in [-0.2, -0.15) is 0 Å². The second-order valence-electron chi connectivity index (χ2n) is 5.05. The molecule has 0 aliphatic carbocycles. The molecule has 15 heavy (non-hydrogen) atoms. The predicted molar refractivity (Wildman–Crippen MR) is 66.6 cm³/mol. The normalized spacial score (nSPS) is 34.3. The predicted octanol–water partition coefficient (Wildman–Crippen LogP) is 1.21. The van der Waals surface area contributed by atoms with Crippen LogP contribution in [0.1, 0.15) is 20.8 Å². The van der Waals surface area contributed by atoms with Crippen LogP contribution in [0.15, 0.2) is 9.98 Å². The van der Waals surface area contributed by atoms with E-state index in [9.17, 15) is 0 Å². The van der Waals surface area contributed by atoms with E-state index in [-0.39, 0.29) is 16.3 Å². The molecule has 0 fully saturated rings. The first-order valence-electron chi connectivity index (χ1n) is 5.20. The average molecular weight is 273 g/mol. The van der Waals surface area contributed by atoms with Crippen LogP contribution < -0.4 is 5.73 Å². The standard InChI is InChI=1S/C10H17BrN4/c1-6-7(11)8-13-4-10(2,3)5-15(8)9(12)14-6/h6-7H,4-5H2,1-3H3,(H2,12,14)/t6-,7?/m0/s1. The van der Waals surface area contributed by atoms with Crippen molar-refractivity contribution in [3.05, 3.63) is 0 Å². The summed E-state index contributed by atoms with van der Waals surface area (Å²) in [4.78, 5) is 11.3. The number of hydrogen-bond acceptors (Lipinski definition) is 4. The minimum Gasteiger partial charge on any atom is -0.369 e. The minimum absolute atomic E-state index is 0.168. The molecule has 0 saturated carbocycles. The lowest BCUT2D eigenvalue weighted by atomic mass is 9.90. The molecule has 2 aliphatic heterocycles. The number of rotatable bonds is 0. The molecule has 2 atom stereocenters. The average Bonchev–Trinajstić information content (AvgIpc) is 2.13. The summed E-state index contributed by atoms with van der Waals surface area (Å²) in [6.07, 6.45) is 0. The van der Waals surface area contributed by atoms with E-state index < -0.39 is 0 Å². The summed E-state index contributed by atoms with van der Waals surface area (Å²) in [6, 6.07) is 0.168. The Morgan fingerprint density at radius 2 is 2.20 bits per heavy atom. The number of alkyl halides is 1. The Morgan fingerprint density at radius 1 is 1.53 bits per heavy atom. The molecule has 0 spiro atoms. The lowest BCUT2D eigenvalue weighted by Crippen LogP contribution is -2.57. The highest BCUT2D eigenvalue weighted by atomic mass is 79.9. The first kappa shape index (κ1) is 10.9. The van der Waals surface area contributed by atoms with E-state index in [2.05, 4.69) is 39.8 Å². The number of guanidine groups is 1. The van der Waals surface area contributed by atoms with Crippen molar-refractivity contribution in [3.8, 4) is 0 Å². The number of amidine groups is 1. The summed E-state index contributed by atoms with van der Waals surface area (Å²) in [5.41, 5.74) is 6.11. The van der Waals surface area contributed by atoms with Crippen molar-refractivity contribution in [1.29, 1.82) is 0 Å². The number of nitrogens with zero attached hydrogens (tertiary/aromatic N) is 3. The van der Waals surface area contributed by atoms with Gasteiger partial charge in [0.05, 0.1) is 10.9 Å². The summed E-state index contributed by atoms with van der Waals surface area (Å²) < 4.78 is 0. The molecule has 2 heterocycles. The molecule has 5 heteroatoms. The van der Waals surface area contributed by atoms with Crippen LogP contribution in [0.4, 0.5) is 0 Å². The van der Waals surface area contributed by atoms with E-state index in [0.29, 0.717) is 5.96 Å². The first-order chi connectivity index (χ1) is 6.91. The highest BCUT2D eigenvalue weighted by Gasteiger charge is 2.37. The summed E-state index contributed by atoms with van der Waals surface area (Å²) in [5, 5.41) is 0. The zero-order valence-electron chi connectivity index (χ0n) is 9.37. The van der Waals surface area contributed by atoms with Crippen LogP contribution in [0, 0.1) is 5.41 Å². The highest BCUT2D eigenvalue weighted by Crippen LogP contribution is 2.28. The van der Waals surface area contributed by atoms with Crippen LogP contribution in [0.25, 0.3) is 0 Å². The van der Waals surface area contributed by atoms with Crippen molar-refractivity contribution in [3.63, 3.8) is 0 Å². The third-order valence-electron chi connectivity index (χ3n) is 2.81. The van der Waals surface area contributed by atoms with E-state index in [4.69, 9.17) is 5.73 Å². The van der Waals surface area contributed by atoms with Gasteiger partial charge in [-0.1, -0.05) is 29.8 Å². The number of aliphatic imine (C=N–C) groups is 2. The van der Waals surface area contributed by atoms with Crippen LogP contribution in [-0.2, 0) is 0 Å². The number of halogens is 1. The van der Waals surface area contributed by atoms with Gasteiger partial charge in [-0.3, -0.25) is 9.89 Å². The third-order valence-corrected chi connectivity index (χ3v) is 3.99. The van der Waals surface area contributed by atoms with Crippen molar-refractivity contribution in [2.75, 3.05) is 13.1 Å². The summed E-state index contributed by atoms with van der Waals surface area (Å²) in [6.45, 7) is 8.20. The topological polar surface area (TPSA) is 54.0 Å². The lowest BCUT2D eigenvalue weighted by Gasteiger charge is -2.42. The Morgan fingerprint density at radius 3 is 2.87 bits per heavy atom. The second-order valence-corrected chi connectivity index (χ2v) is 6.04. The zero-order chi connectivity index (χ0) is 11.2. The first-order valence-corrected chi connectivity index (χ1v) is 6.11. The van der Waals surface area contributed by atoms with Gasteiger partial charge in [-0.05, 0) is 6.92 Å². The molecule has 0 aromatic carbocycles. The number of hydrogen-bond donors (Lipinski definition) is 1. The molecule has 0 aromatic heterocycles. The van der Waals surface area contributed by atoms with Gasteiger partial charge in [0.25, 0.3) is 0 Å². The Labute approximate surface area is 98.8 Å². The van der Waals surface area contributed by atoms with Gasteiger partial charge in [0, 0.05) is 18.5 Å². The van der Waals surface area contributed by atoms with E-state index in [1.807, 2.05) is 11.8 Å². The van der Waals surface area contributed by atoms with Gasteiger partial charge in [0.1, 0.15) is 5.84 Å². The fraction of sp³-hybridized carbons (Fsp3) is 0.800. The largest absolute Gasteiger partial charge is 0.369 e. The monoisotopic (exact) mass is 272 g/mol. The maximum Gasteiger partial charge on any atom is 0.197 e. The SMILES string of the molecule is C[C@@H]1N=C(N)N2CC(C)(C)CN=C2C1Br. The smallest absolute Gasteiger partial charge is 0.197 e. The molecule has 4 nitrogen and oxygen atoms in total. The van der Waals surface area contributed by atoms with Crippen molar-refractivity contribution in [2.45, 2.75) is 31.6 Å². The molecule has 1 unspecified atom stereocenters. The summed E-state index contributed by atoms with van der Waals surface area (Å²) in [7, 11) is 0. The molecule has 0 radical (unpaired) electrons. The molecule has 0 saturated heterocycles. The molecule has 2 N–H and O–H groups in total. The van der Waals surface area contributed by atoms with E-state index in [1.54, 1.807) is 0 Å². The van der Waals surface area contributed by atoms with E-state index in [0.717, 1.165) is 18.9 Å². The minimum atomic E-state index is 0.168. The van der Waals surface area contributed by atoms with Gasteiger partial charge < -0.3 is 5.73 Å². The van der Waals surface area contributed by atoms with Crippen LogP contribution >= 0.6 is 15.9 Å². The van der Waals surface area contributed by atoms with E-state index >= 15 is 0 Å². The Kier molecular flexibility index (Phi) is 2.53. The Balaban J connectivity index is 2.35. The van der Waals surface area contributed by atoms with Crippen LogP contribution in [0.3, 0.4) is 0 Å². The maximum atomic E-state index is 5.94. The highest BCUT2D eigenvalue weighted by molar-refractivity contribution is 9.10. The van der Waals surface area contributed by atoms with Crippen molar-refractivity contribution in [1.82, 2.24) is 4.90 Å². The van der Waals surface area contributed by atoms with Gasteiger partial charge in [-0.25, -0.2) is 4.99 Å². The van der Waals surface area contributed by atoms with Crippen molar-refractivity contribution >= 4 is 27.7 Å². The van der Waals surface area contributed by atoms with Gasteiger partial charge >= 0.3 is 0 Å². The van der Waals surface area contributed by atoms with Gasteiger partial charge in [-0.15, -0.1) is 0 Å². The third kappa shape index (κ3) is 1.89. The maximum absolute atomic E-state index is 5.94. The Bertz CT molecular complexity index is 334. The molecule has 84 valence electrons. The molecule has 2 aliphatic rings. The summed E-state index contributed by atoms with van der Waals surface area (Å²) >= 11 is 3.63. The molecular weight excluding hydrogens is 256 g/mol. The van der Waals surface area contributed by atoms with E-state index in [1.165, 1.54) is 0 Å². The van der Waals surface area contributed by atoms with Gasteiger partial charge in [0.15, 0.2) is 5.96 Å². The molecule has 0 aromatic rings. The zero-order valence-corrected chi connectivity index (χ0v) is 11.0.